The molecule has 0 aliphatic rings. The fourth-order valence-electron chi connectivity index (χ4n) is 2.35. The minimum atomic E-state index is 0.00483. The molecule has 106 valence electrons. The van der Waals surface area contributed by atoms with E-state index in [1.54, 1.807) is 0 Å². The van der Waals surface area contributed by atoms with Gasteiger partial charge in [-0.2, -0.15) is 0 Å². The number of aromatic amines is 1. The lowest BCUT2D eigenvalue weighted by atomic mass is 10.1. The van der Waals surface area contributed by atoms with Crippen molar-refractivity contribution >= 4 is 45.1 Å². The molecule has 0 fully saturated rings. The number of H-pyrrole nitrogens is 1. The largest absolute Gasteiger partial charge is 0.361 e. The number of aromatic nitrogens is 1. The van der Waals surface area contributed by atoms with Crippen molar-refractivity contribution in [2.24, 2.45) is 0 Å². The highest BCUT2D eigenvalue weighted by atomic mass is 127. The number of carbonyl (C=O) groups excluding carboxylic acids is 1. The lowest BCUT2D eigenvalue weighted by molar-refractivity contribution is -0.115. The Kier molecular flexibility index (Phi) is 3.96. The molecule has 4 heteroatoms. The van der Waals surface area contributed by atoms with Crippen LogP contribution in [-0.4, -0.2) is 10.9 Å². The molecule has 3 aromatic rings. The van der Waals surface area contributed by atoms with Crippen molar-refractivity contribution in [3.63, 3.8) is 0 Å². The average molecular weight is 390 g/mol. The Bertz CT molecular complexity index is 807. The molecule has 0 atom stereocenters. The van der Waals surface area contributed by atoms with Crippen LogP contribution in [0.1, 0.15) is 11.1 Å². The van der Waals surface area contributed by atoms with Gasteiger partial charge in [-0.05, 0) is 76.4 Å². The number of nitrogens with one attached hydrogen (secondary N) is 2. The SMILES string of the molecule is Cc1cc(I)ccc1NC(=O)Cc1ccc2cc[nH]c2c1. The van der Waals surface area contributed by atoms with Gasteiger partial charge in [0.2, 0.25) is 5.91 Å². The zero-order valence-electron chi connectivity index (χ0n) is 11.6. The summed E-state index contributed by atoms with van der Waals surface area (Å²) in [6, 6.07) is 14.1. The van der Waals surface area contributed by atoms with E-state index in [1.807, 2.05) is 49.5 Å². The highest BCUT2D eigenvalue weighted by Crippen LogP contribution is 2.19. The monoisotopic (exact) mass is 390 g/mol. The summed E-state index contributed by atoms with van der Waals surface area (Å²) in [6.45, 7) is 2.00. The van der Waals surface area contributed by atoms with Crippen LogP contribution in [-0.2, 0) is 11.2 Å². The fraction of sp³-hybridized carbons (Fsp3) is 0.118. The molecule has 3 nitrogen and oxygen atoms in total. The van der Waals surface area contributed by atoms with Crippen molar-refractivity contribution in [2.45, 2.75) is 13.3 Å². The van der Waals surface area contributed by atoms with E-state index in [2.05, 4.69) is 39.0 Å². The number of hydrogen-bond donors (Lipinski definition) is 2. The van der Waals surface area contributed by atoms with Crippen LogP contribution in [0.3, 0.4) is 0 Å². The van der Waals surface area contributed by atoms with Gasteiger partial charge in [-0.25, -0.2) is 0 Å². The topological polar surface area (TPSA) is 44.9 Å². The molecule has 1 heterocycles. The second-order valence-electron chi connectivity index (χ2n) is 5.08. The zero-order chi connectivity index (χ0) is 14.8. The molecule has 0 bridgehead atoms. The predicted octanol–water partition coefficient (Wildman–Crippen LogP) is 4.26. The first-order chi connectivity index (χ1) is 10.1. The number of aryl methyl sites for hydroxylation is 1. The number of halogens is 1. The second-order valence-corrected chi connectivity index (χ2v) is 6.33. The molecule has 0 saturated heterocycles. The Labute approximate surface area is 136 Å². The van der Waals surface area contributed by atoms with Gasteiger partial charge >= 0.3 is 0 Å². The van der Waals surface area contributed by atoms with Crippen LogP contribution in [0, 0.1) is 10.5 Å². The number of benzene rings is 2. The number of rotatable bonds is 3. The number of amides is 1. The van der Waals surface area contributed by atoms with Crippen molar-refractivity contribution in [3.05, 3.63) is 63.4 Å². The van der Waals surface area contributed by atoms with E-state index >= 15 is 0 Å². The molecule has 2 aromatic carbocycles. The highest BCUT2D eigenvalue weighted by Gasteiger charge is 2.07. The van der Waals surface area contributed by atoms with Crippen LogP contribution >= 0.6 is 22.6 Å². The summed E-state index contributed by atoms with van der Waals surface area (Å²) in [5.41, 5.74) is 4.02. The van der Waals surface area contributed by atoms with Gasteiger partial charge in [0.05, 0.1) is 6.42 Å². The van der Waals surface area contributed by atoms with E-state index in [-0.39, 0.29) is 5.91 Å². The Hall–Kier alpha value is -1.82. The van der Waals surface area contributed by atoms with Crippen molar-refractivity contribution in [1.82, 2.24) is 4.98 Å². The molecule has 3 rings (SSSR count). The standard InChI is InChI=1S/C17H15IN2O/c1-11-8-14(18)4-5-15(11)20-17(21)10-12-2-3-13-6-7-19-16(13)9-12/h2-9,19H,10H2,1H3,(H,20,21). The van der Waals surface area contributed by atoms with Crippen LogP contribution in [0.25, 0.3) is 10.9 Å². The highest BCUT2D eigenvalue weighted by molar-refractivity contribution is 14.1. The van der Waals surface area contributed by atoms with E-state index in [4.69, 9.17) is 0 Å². The minimum Gasteiger partial charge on any atom is -0.361 e. The van der Waals surface area contributed by atoms with Gasteiger partial charge < -0.3 is 10.3 Å². The molecule has 0 aliphatic carbocycles. The van der Waals surface area contributed by atoms with Crippen LogP contribution in [0.4, 0.5) is 5.69 Å². The summed E-state index contributed by atoms with van der Waals surface area (Å²) in [7, 11) is 0. The van der Waals surface area contributed by atoms with E-state index in [1.165, 1.54) is 3.57 Å². The van der Waals surface area contributed by atoms with Crippen molar-refractivity contribution in [3.8, 4) is 0 Å². The molecule has 0 spiro atoms. The Balaban J connectivity index is 1.73. The first-order valence-electron chi connectivity index (χ1n) is 6.74. The molecule has 0 aliphatic heterocycles. The Morgan fingerprint density at radius 1 is 1.19 bits per heavy atom. The van der Waals surface area contributed by atoms with Gasteiger partial charge in [0, 0.05) is 21.0 Å². The zero-order valence-corrected chi connectivity index (χ0v) is 13.8. The van der Waals surface area contributed by atoms with Gasteiger partial charge in [0.25, 0.3) is 0 Å². The van der Waals surface area contributed by atoms with Gasteiger partial charge in [-0.3, -0.25) is 4.79 Å². The van der Waals surface area contributed by atoms with Gasteiger partial charge in [-0.15, -0.1) is 0 Å². The van der Waals surface area contributed by atoms with Gasteiger partial charge in [-0.1, -0.05) is 12.1 Å². The van der Waals surface area contributed by atoms with E-state index < -0.39 is 0 Å². The van der Waals surface area contributed by atoms with Gasteiger partial charge in [0.15, 0.2) is 0 Å². The lowest BCUT2D eigenvalue weighted by Crippen LogP contribution is -2.15. The number of fused-ring (bicyclic) bond motifs is 1. The summed E-state index contributed by atoms with van der Waals surface area (Å²) in [5, 5.41) is 4.14. The summed E-state index contributed by atoms with van der Waals surface area (Å²) in [4.78, 5) is 15.3. The summed E-state index contributed by atoms with van der Waals surface area (Å²) < 4.78 is 1.17. The second kappa shape index (κ2) is 5.89. The molecule has 0 saturated carbocycles. The molecule has 1 amide bonds. The Morgan fingerprint density at radius 3 is 2.86 bits per heavy atom. The first-order valence-corrected chi connectivity index (χ1v) is 7.82. The van der Waals surface area contributed by atoms with E-state index in [0.29, 0.717) is 6.42 Å². The van der Waals surface area contributed by atoms with E-state index in [0.717, 1.165) is 27.7 Å². The molecule has 0 radical (unpaired) electrons. The third-order valence-corrected chi connectivity index (χ3v) is 4.12. The predicted molar refractivity (Wildman–Crippen MR) is 94.5 cm³/mol. The maximum Gasteiger partial charge on any atom is 0.228 e. The van der Waals surface area contributed by atoms with Crippen LogP contribution in [0.15, 0.2) is 48.7 Å². The smallest absolute Gasteiger partial charge is 0.228 e. The summed E-state index contributed by atoms with van der Waals surface area (Å²) in [6.07, 6.45) is 2.28. The number of hydrogen-bond acceptors (Lipinski definition) is 1. The van der Waals surface area contributed by atoms with Crippen molar-refractivity contribution in [2.75, 3.05) is 5.32 Å². The average Bonchev–Trinajstić information content (AvgIpc) is 2.89. The molecule has 21 heavy (non-hydrogen) atoms. The molecular formula is C17H15IN2O. The van der Waals surface area contributed by atoms with Crippen molar-refractivity contribution in [1.29, 1.82) is 0 Å². The number of carbonyl (C=O) groups is 1. The number of anilines is 1. The third-order valence-electron chi connectivity index (χ3n) is 3.45. The van der Waals surface area contributed by atoms with Crippen LogP contribution in [0.2, 0.25) is 0 Å². The maximum atomic E-state index is 12.2. The van der Waals surface area contributed by atoms with Gasteiger partial charge in [0.1, 0.15) is 0 Å². The maximum absolute atomic E-state index is 12.2. The summed E-state index contributed by atoms with van der Waals surface area (Å²) >= 11 is 2.27. The summed E-state index contributed by atoms with van der Waals surface area (Å²) in [5.74, 6) is 0.00483. The van der Waals surface area contributed by atoms with Crippen LogP contribution < -0.4 is 5.32 Å². The Morgan fingerprint density at radius 2 is 2.05 bits per heavy atom. The molecule has 1 aromatic heterocycles. The third kappa shape index (κ3) is 3.26. The molecule has 2 N–H and O–H groups in total. The minimum absolute atomic E-state index is 0.00483. The van der Waals surface area contributed by atoms with Crippen molar-refractivity contribution < 1.29 is 4.79 Å². The normalized spacial score (nSPS) is 10.8. The van der Waals surface area contributed by atoms with Crippen LogP contribution in [0.5, 0.6) is 0 Å². The lowest BCUT2D eigenvalue weighted by Gasteiger charge is -2.09. The molecule has 0 unspecified atom stereocenters. The molecular weight excluding hydrogens is 375 g/mol. The fourth-order valence-corrected chi connectivity index (χ4v) is 3.00. The quantitative estimate of drug-likeness (QED) is 0.645. The van der Waals surface area contributed by atoms with E-state index in [9.17, 15) is 4.79 Å². The first kappa shape index (κ1) is 14.1.